The first-order valence-corrected chi connectivity index (χ1v) is 7.31. The summed E-state index contributed by atoms with van der Waals surface area (Å²) >= 11 is 0. The van der Waals surface area contributed by atoms with E-state index in [2.05, 4.69) is 11.8 Å². The van der Waals surface area contributed by atoms with Gasteiger partial charge in [-0.3, -0.25) is 9.59 Å². The molecular formula is C18H18O5. The number of allylic oxidation sites excluding steroid dienone is 2. The van der Waals surface area contributed by atoms with Crippen molar-refractivity contribution in [1.82, 2.24) is 0 Å². The summed E-state index contributed by atoms with van der Waals surface area (Å²) in [5.41, 5.74) is 0.457. The number of ether oxygens (including phenoxy) is 1. The fourth-order valence-electron chi connectivity index (χ4n) is 2.65. The Bertz CT molecular complexity index is 762. The summed E-state index contributed by atoms with van der Waals surface area (Å²) in [6.07, 6.45) is 1.19. The zero-order valence-electron chi connectivity index (χ0n) is 13.3. The molecule has 0 fully saturated rings. The van der Waals surface area contributed by atoms with Gasteiger partial charge in [0.1, 0.15) is 5.75 Å². The number of hydrogen-bond acceptors (Lipinski definition) is 5. The molecule has 0 aliphatic heterocycles. The predicted molar refractivity (Wildman–Crippen MR) is 84.3 cm³/mol. The van der Waals surface area contributed by atoms with Gasteiger partial charge in [0, 0.05) is 22.8 Å². The van der Waals surface area contributed by atoms with Gasteiger partial charge in [-0.2, -0.15) is 0 Å². The first kappa shape index (κ1) is 16.8. The Labute approximate surface area is 134 Å². The van der Waals surface area contributed by atoms with E-state index in [4.69, 9.17) is 4.74 Å². The first-order chi connectivity index (χ1) is 11.0. The van der Waals surface area contributed by atoms with Gasteiger partial charge in [0.15, 0.2) is 11.5 Å². The highest BCUT2D eigenvalue weighted by Crippen LogP contribution is 2.38. The van der Waals surface area contributed by atoms with Gasteiger partial charge in [-0.05, 0) is 19.4 Å². The van der Waals surface area contributed by atoms with E-state index in [0.29, 0.717) is 18.4 Å². The minimum atomic E-state index is -0.961. The van der Waals surface area contributed by atoms with Crippen molar-refractivity contribution < 1.29 is 24.5 Å². The molecule has 0 aromatic heterocycles. The summed E-state index contributed by atoms with van der Waals surface area (Å²) in [5.74, 6) is 3.98. The maximum atomic E-state index is 12.3. The lowest BCUT2D eigenvalue weighted by molar-refractivity contribution is 0.0914. The number of phenolic OH excluding ortho intramolecular Hbond substituents is 1. The van der Waals surface area contributed by atoms with Crippen molar-refractivity contribution in [2.75, 3.05) is 7.11 Å². The molecule has 0 bridgehead atoms. The number of Topliss-reactive ketones (excluding diaryl/α,β-unsaturated/α-hetero) is 1. The van der Waals surface area contributed by atoms with Crippen LogP contribution in [0.1, 0.15) is 64.6 Å². The molecule has 120 valence electrons. The molecule has 23 heavy (non-hydrogen) atoms. The van der Waals surface area contributed by atoms with Gasteiger partial charge in [0.05, 0.1) is 18.8 Å². The van der Waals surface area contributed by atoms with Crippen LogP contribution >= 0.6 is 0 Å². The molecule has 0 spiro atoms. The summed E-state index contributed by atoms with van der Waals surface area (Å²) in [6.45, 7) is 3.51. The number of hydrogen-bond donors (Lipinski definition) is 2. The number of benzene rings is 1. The molecule has 1 atom stereocenters. The molecule has 0 heterocycles. The Morgan fingerprint density at radius 3 is 2.61 bits per heavy atom. The van der Waals surface area contributed by atoms with E-state index >= 15 is 0 Å². The molecule has 1 aromatic rings. The van der Waals surface area contributed by atoms with Gasteiger partial charge >= 0.3 is 0 Å². The zero-order valence-corrected chi connectivity index (χ0v) is 13.3. The lowest BCUT2D eigenvalue weighted by Gasteiger charge is -2.21. The number of aliphatic hydroxyl groups is 1. The summed E-state index contributed by atoms with van der Waals surface area (Å²) in [4.78, 5) is 24.6. The summed E-state index contributed by atoms with van der Waals surface area (Å²) < 4.78 is 4.91. The van der Waals surface area contributed by atoms with Crippen LogP contribution in [0.4, 0.5) is 0 Å². The van der Waals surface area contributed by atoms with Crippen molar-refractivity contribution in [3.05, 3.63) is 40.2 Å². The number of rotatable bonds is 4. The van der Waals surface area contributed by atoms with Gasteiger partial charge in [-0.15, -0.1) is 5.92 Å². The Kier molecular flexibility index (Phi) is 4.87. The van der Waals surface area contributed by atoms with E-state index < -0.39 is 17.7 Å². The number of aliphatic hydroxyl groups excluding tert-OH is 1. The Balaban J connectivity index is 2.76. The highest BCUT2D eigenvalue weighted by molar-refractivity contribution is 6.25. The normalized spacial score (nSPS) is 14.5. The predicted octanol–water partition coefficient (Wildman–Crippen LogP) is 2.51. The summed E-state index contributed by atoms with van der Waals surface area (Å²) in [7, 11) is 1.30. The van der Waals surface area contributed by atoms with Crippen LogP contribution in [-0.2, 0) is 4.74 Å². The molecule has 1 aliphatic rings. The molecule has 0 amide bonds. The molecule has 0 saturated carbocycles. The van der Waals surface area contributed by atoms with Crippen molar-refractivity contribution in [2.45, 2.75) is 32.8 Å². The third-order valence-electron chi connectivity index (χ3n) is 3.69. The van der Waals surface area contributed by atoms with Crippen LogP contribution in [0.15, 0.2) is 17.9 Å². The zero-order chi connectivity index (χ0) is 17.1. The maximum Gasteiger partial charge on any atom is 0.228 e. The average Bonchev–Trinajstić information content (AvgIpc) is 2.50. The molecule has 1 aliphatic carbocycles. The topological polar surface area (TPSA) is 83.8 Å². The van der Waals surface area contributed by atoms with E-state index in [9.17, 15) is 19.8 Å². The Morgan fingerprint density at radius 2 is 2.04 bits per heavy atom. The number of fused-ring (bicyclic) bond motifs is 1. The van der Waals surface area contributed by atoms with Gasteiger partial charge in [-0.25, -0.2) is 0 Å². The number of carbonyl (C=O) groups is 2. The van der Waals surface area contributed by atoms with Gasteiger partial charge in [0.25, 0.3) is 0 Å². The van der Waals surface area contributed by atoms with Crippen molar-refractivity contribution in [3.8, 4) is 17.6 Å². The largest absolute Gasteiger partial charge is 0.507 e. The molecule has 0 radical (unpaired) electrons. The third-order valence-corrected chi connectivity index (χ3v) is 3.69. The third kappa shape index (κ3) is 2.86. The van der Waals surface area contributed by atoms with Crippen LogP contribution in [0.3, 0.4) is 0 Å². The molecule has 0 saturated heterocycles. The van der Waals surface area contributed by atoms with Gasteiger partial charge < -0.3 is 14.9 Å². The van der Waals surface area contributed by atoms with Crippen molar-refractivity contribution in [3.63, 3.8) is 0 Å². The summed E-state index contributed by atoms with van der Waals surface area (Å²) in [5, 5.41) is 20.8. The number of aromatic hydroxyl groups is 1. The van der Waals surface area contributed by atoms with E-state index in [1.165, 1.54) is 13.2 Å². The fraction of sp³-hybridized carbons (Fsp3) is 0.333. The van der Waals surface area contributed by atoms with Crippen molar-refractivity contribution in [2.24, 2.45) is 0 Å². The van der Waals surface area contributed by atoms with Crippen LogP contribution in [0.5, 0.6) is 5.75 Å². The molecule has 5 nitrogen and oxygen atoms in total. The molecule has 1 unspecified atom stereocenters. The van der Waals surface area contributed by atoms with E-state index in [-0.39, 0.29) is 28.2 Å². The standard InChI is InChI=1S/C18H18O5/c1-4-6-10-8-11-16(13(20)9-14(23-3)17(11)21)18(22)15(10)12(19)7-5-2/h8-9,12,19,22H,5,7H2,1-3H3. The number of carbonyl (C=O) groups excluding carboxylic acids is 2. The van der Waals surface area contributed by atoms with Gasteiger partial charge in [0.2, 0.25) is 5.78 Å². The lowest BCUT2D eigenvalue weighted by atomic mass is 9.86. The van der Waals surface area contributed by atoms with Crippen molar-refractivity contribution in [1.29, 1.82) is 0 Å². The second-order valence-electron chi connectivity index (χ2n) is 5.19. The van der Waals surface area contributed by atoms with Crippen LogP contribution < -0.4 is 0 Å². The minimum absolute atomic E-state index is 0.0389. The van der Waals surface area contributed by atoms with Crippen LogP contribution in [-0.4, -0.2) is 28.9 Å². The second-order valence-corrected chi connectivity index (χ2v) is 5.19. The average molecular weight is 314 g/mol. The highest BCUT2D eigenvalue weighted by atomic mass is 16.5. The van der Waals surface area contributed by atoms with Crippen molar-refractivity contribution >= 4 is 11.6 Å². The van der Waals surface area contributed by atoms with Gasteiger partial charge in [-0.1, -0.05) is 19.3 Å². The SMILES string of the molecule is CC#Cc1cc2c(c(O)c1C(O)CCC)C(=O)C=C(OC)C2=O. The number of methoxy groups -OCH3 is 1. The molecular weight excluding hydrogens is 296 g/mol. The molecule has 2 N–H and O–H groups in total. The number of ketones is 2. The molecule has 2 rings (SSSR count). The van der Waals surface area contributed by atoms with E-state index in [0.717, 1.165) is 6.08 Å². The fourth-order valence-corrected chi connectivity index (χ4v) is 2.65. The van der Waals surface area contributed by atoms with Crippen LogP contribution in [0.25, 0.3) is 0 Å². The smallest absolute Gasteiger partial charge is 0.228 e. The van der Waals surface area contributed by atoms with E-state index in [1.807, 2.05) is 6.92 Å². The Morgan fingerprint density at radius 1 is 1.35 bits per heavy atom. The maximum absolute atomic E-state index is 12.3. The van der Waals surface area contributed by atoms with E-state index in [1.54, 1.807) is 6.92 Å². The second kappa shape index (κ2) is 6.67. The summed E-state index contributed by atoms with van der Waals surface area (Å²) in [6, 6.07) is 1.44. The van der Waals surface area contributed by atoms with Crippen LogP contribution in [0, 0.1) is 11.8 Å². The molecule has 1 aromatic carbocycles. The van der Waals surface area contributed by atoms with Crippen LogP contribution in [0.2, 0.25) is 0 Å². The molecule has 5 heteroatoms. The quantitative estimate of drug-likeness (QED) is 0.834. The first-order valence-electron chi connectivity index (χ1n) is 7.31. The highest BCUT2D eigenvalue weighted by Gasteiger charge is 2.33. The number of phenols is 1. The minimum Gasteiger partial charge on any atom is -0.507 e. The monoisotopic (exact) mass is 314 g/mol. The Hall–Kier alpha value is -2.58. The lowest BCUT2D eigenvalue weighted by Crippen LogP contribution is -2.20.